The minimum atomic E-state index is 0.363. The van der Waals surface area contributed by atoms with Crippen molar-refractivity contribution in [2.75, 3.05) is 19.6 Å². The SMILES string of the molecule is CC(C)CC1CNC(C)(C2CC2)CN1CCc1ccsc1. The van der Waals surface area contributed by atoms with Gasteiger partial charge in [0.1, 0.15) is 0 Å². The second kappa shape index (κ2) is 6.39. The number of hydrogen-bond acceptors (Lipinski definition) is 3. The summed E-state index contributed by atoms with van der Waals surface area (Å²) in [5, 5.41) is 8.40. The molecule has 3 heteroatoms. The molecule has 118 valence electrons. The first kappa shape index (κ1) is 15.5. The zero-order chi connectivity index (χ0) is 14.9. The monoisotopic (exact) mass is 306 g/mol. The Bertz CT molecular complexity index is 438. The van der Waals surface area contributed by atoms with Gasteiger partial charge in [0.05, 0.1) is 0 Å². The van der Waals surface area contributed by atoms with Crippen molar-refractivity contribution in [3.05, 3.63) is 22.4 Å². The molecule has 2 atom stereocenters. The Labute approximate surface area is 133 Å². The number of piperazine rings is 1. The van der Waals surface area contributed by atoms with Crippen LogP contribution in [0, 0.1) is 11.8 Å². The molecule has 2 aliphatic rings. The maximum atomic E-state index is 3.90. The lowest BCUT2D eigenvalue weighted by Gasteiger charge is -2.47. The topological polar surface area (TPSA) is 15.3 Å². The fraction of sp³-hybridized carbons (Fsp3) is 0.778. The van der Waals surface area contributed by atoms with Crippen LogP contribution in [-0.4, -0.2) is 36.1 Å². The first-order chi connectivity index (χ1) is 10.1. The molecule has 0 radical (unpaired) electrons. The summed E-state index contributed by atoms with van der Waals surface area (Å²) in [5.74, 6) is 1.70. The van der Waals surface area contributed by atoms with Crippen molar-refractivity contribution in [2.45, 2.75) is 58.0 Å². The summed E-state index contributed by atoms with van der Waals surface area (Å²) < 4.78 is 0. The van der Waals surface area contributed by atoms with Gasteiger partial charge in [0.15, 0.2) is 0 Å². The summed E-state index contributed by atoms with van der Waals surface area (Å²) in [6, 6.07) is 3.00. The molecule has 1 saturated heterocycles. The van der Waals surface area contributed by atoms with Crippen molar-refractivity contribution < 1.29 is 0 Å². The highest BCUT2D eigenvalue weighted by Gasteiger charge is 2.45. The highest BCUT2D eigenvalue weighted by Crippen LogP contribution is 2.41. The fourth-order valence-corrected chi connectivity index (χ4v) is 4.53. The minimum Gasteiger partial charge on any atom is -0.308 e. The average Bonchev–Trinajstić information content (AvgIpc) is 3.18. The maximum Gasteiger partial charge on any atom is 0.0309 e. The Morgan fingerprint density at radius 3 is 2.86 bits per heavy atom. The Morgan fingerprint density at radius 2 is 2.24 bits per heavy atom. The van der Waals surface area contributed by atoms with Gasteiger partial charge in [-0.05, 0) is 66.8 Å². The molecule has 21 heavy (non-hydrogen) atoms. The van der Waals surface area contributed by atoms with Crippen LogP contribution in [0.1, 0.15) is 45.6 Å². The van der Waals surface area contributed by atoms with Crippen LogP contribution in [0.15, 0.2) is 16.8 Å². The van der Waals surface area contributed by atoms with Crippen molar-refractivity contribution >= 4 is 11.3 Å². The molecule has 0 amide bonds. The number of nitrogens with zero attached hydrogens (tertiary/aromatic N) is 1. The first-order valence-corrected chi connectivity index (χ1v) is 9.51. The van der Waals surface area contributed by atoms with E-state index in [1.165, 1.54) is 50.9 Å². The van der Waals surface area contributed by atoms with E-state index in [0.717, 1.165) is 17.9 Å². The van der Waals surface area contributed by atoms with Gasteiger partial charge in [0.25, 0.3) is 0 Å². The molecular weight excluding hydrogens is 276 g/mol. The summed E-state index contributed by atoms with van der Waals surface area (Å²) in [4.78, 5) is 2.78. The van der Waals surface area contributed by atoms with E-state index in [1.54, 1.807) is 0 Å². The van der Waals surface area contributed by atoms with Gasteiger partial charge in [-0.25, -0.2) is 0 Å². The summed E-state index contributed by atoms with van der Waals surface area (Å²) in [7, 11) is 0. The molecule has 1 saturated carbocycles. The van der Waals surface area contributed by atoms with Gasteiger partial charge in [0.2, 0.25) is 0 Å². The van der Waals surface area contributed by atoms with Gasteiger partial charge in [-0.3, -0.25) is 4.90 Å². The lowest BCUT2D eigenvalue weighted by Crippen LogP contribution is -2.64. The molecule has 2 heterocycles. The van der Waals surface area contributed by atoms with Crippen LogP contribution in [0.25, 0.3) is 0 Å². The summed E-state index contributed by atoms with van der Waals surface area (Å²) >= 11 is 1.82. The zero-order valence-corrected chi connectivity index (χ0v) is 14.6. The van der Waals surface area contributed by atoms with Gasteiger partial charge in [0, 0.05) is 31.2 Å². The number of thiophene rings is 1. The molecule has 1 N–H and O–H groups in total. The average molecular weight is 307 g/mol. The van der Waals surface area contributed by atoms with E-state index >= 15 is 0 Å². The standard InChI is InChI=1S/C18H30N2S/c1-14(2)10-17-11-19-18(3,16-4-5-16)13-20(17)8-6-15-7-9-21-12-15/h7,9,12,14,16-17,19H,4-6,8,10-11,13H2,1-3H3. The number of nitrogens with one attached hydrogen (secondary N) is 1. The summed E-state index contributed by atoms with van der Waals surface area (Å²) in [5.41, 5.74) is 1.87. The van der Waals surface area contributed by atoms with E-state index in [-0.39, 0.29) is 0 Å². The zero-order valence-electron chi connectivity index (χ0n) is 13.8. The molecule has 0 bridgehead atoms. The Hall–Kier alpha value is -0.380. The molecule has 3 rings (SSSR count). The van der Waals surface area contributed by atoms with Crippen LogP contribution in [-0.2, 0) is 6.42 Å². The fourth-order valence-electron chi connectivity index (χ4n) is 3.83. The normalized spacial score (nSPS) is 31.0. The molecule has 1 aromatic rings. The third kappa shape index (κ3) is 3.88. The predicted molar refractivity (Wildman–Crippen MR) is 92.0 cm³/mol. The summed E-state index contributed by atoms with van der Waals surface area (Å²) in [6.45, 7) is 10.8. The molecule has 2 fully saturated rings. The van der Waals surface area contributed by atoms with Gasteiger partial charge in [-0.15, -0.1) is 0 Å². The second-order valence-electron chi connectivity index (χ2n) is 7.71. The van der Waals surface area contributed by atoms with E-state index in [1.807, 2.05) is 11.3 Å². The van der Waals surface area contributed by atoms with Crippen LogP contribution in [0.5, 0.6) is 0 Å². The molecule has 0 aromatic carbocycles. The van der Waals surface area contributed by atoms with Crippen LogP contribution >= 0.6 is 11.3 Å². The van der Waals surface area contributed by atoms with Crippen molar-refractivity contribution in [1.29, 1.82) is 0 Å². The number of hydrogen-bond donors (Lipinski definition) is 1. The summed E-state index contributed by atoms with van der Waals surface area (Å²) in [6.07, 6.45) is 5.38. The molecule has 0 spiro atoms. The Morgan fingerprint density at radius 1 is 1.43 bits per heavy atom. The molecule has 1 aromatic heterocycles. The van der Waals surface area contributed by atoms with E-state index < -0.39 is 0 Å². The van der Waals surface area contributed by atoms with Crippen LogP contribution in [0.3, 0.4) is 0 Å². The molecule has 2 nitrogen and oxygen atoms in total. The maximum absolute atomic E-state index is 3.90. The Kier molecular flexibility index (Phi) is 4.72. The van der Waals surface area contributed by atoms with E-state index in [0.29, 0.717) is 5.54 Å². The van der Waals surface area contributed by atoms with Crippen LogP contribution < -0.4 is 5.32 Å². The van der Waals surface area contributed by atoms with Gasteiger partial charge in [-0.1, -0.05) is 13.8 Å². The van der Waals surface area contributed by atoms with Gasteiger partial charge in [-0.2, -0.15) is 11.3 Å². The van der Waals surface area contributed by atoms with Crippen LogP contribution in [0.2, 0.25) is 0 Å². The smallest absolute Gasteiger partial charge is 0.0309 e. The largest absolute Gasteiger partial charge is 0.308 e. The first-order valence-electron chi connectivity index (χ1n) is 8.57. The van der Waals surface area contributed by atoms with E-state index in [9.17, 15) is 0 Å². The van der Waals surface area contributed by atoms with Crippen LogP contribution in [0.4, 0.5) is 0 Å². The number of rotatable bonds is 6. The lowest BCUT2D eigenvalue weighted by atomic mass is 9.88. The lowest BCUT2D eigenvalue weighted by molar-refractivity contribution is 0.0654. The Balaban J connectivity index is 1.63. The molecule has 1 aliphatic heterocycles. The minimum absolute atomic E-state index is 0.363. The van der Waals surface area contributed by atoms with Gasteiger partial charge < -0.3 is 5.32 Å². The van der Waals surface area contributed by atoms with Crippen molar-refractivity contribution in [2.24, 2.45) is 11.8 Å². The third-order valence-electron chi connectivity index (χ3n) is 5.28. The second-order valence-corrected chi connectivity index (χ2v) is 8.49. The van der Waals surface area contributed by atoms with Crippen molar-refractivity contribution in [3.63, 3.8) is 0 Å². The quantitative estimate of drug-likeness (QED) is 0.860. The molecule has 1 aliphatic carbocycles. The predicted octanol–water partition coefficient (Wildman–Crippen LogP) is 3.78. The van der Waals surface area contributed by atoms with Crippen molar-refractivity contribution in [3.8, 4) is 0 Å². The molecular formula is C18H30N2S. The van der Waals surface area contributed by atoms with Crippen molar-refractivity contribution in [1.82, 2.24) is 10.2 Å². The van der Waals surface area contributed by atoms with Gasteiger partial charge >= 0.3 is 0 Å². The highest BCUT2D eigenvalue weighted by molar-refractivity contribution is 7.07. The van der Waals surface area contributed by atoms with E-state index in [4.69, 9.17) is 0 Å². The molecule has 2 unspecified atom stereocenters. The third-order valence-corrected chi connectivity index (χ3v) is 6.01. The highest BCUT2D eigenvalue weighted by atomic mass is 32.1. The van der Waals surface area contributed by atoms with E-state index in [2.05, 4.69) is 47.8 Å².